The van der Waals surface area contributed by atoms with Crippen molar-refractivity contribution in [1.29, 1.82) is 0 Å². The zero-order chi connectivity index (χ0) is 24.1. The van der Waals surface area contributed by atoms with E-state index in [2.05, 4.69) is 15.2 Å². The van der Waals surface area contributed by atoms with Gasteiger partial charge in [0.05, 0.1) is 19.0 Å². The van der Waals surface area contributed by atoms with Gasteiger partial charge in [-0.05, 0) is 42.3 Å². The summed E-state index contributed by atoms with van der Waals surface area (Å²) in [5, 5.41) is 8.18. The van der Waals surface area contributed by atoms with E-state index >= 15 is 0 Å². The molecule has 4 aromatic rings. The Bertz CT molecular complexity index is 1410. The maximum absolute atomic E-state index is 13.3. The first-order valence-corrected chi connectivity index (χ1v) is 10.6. The van der Waals surface area contributed by atoms with Gasteiger partial charge in [-0.2, -0.15) is 5.10 Å². The molecule has 0 saturated heterocycles. The van der Waals surface area contributed by atoms with E-state index in [-0.39, 0.29) is 24.4 Å². The number of aromatic nitrogens is 2. The van der Waals surface area contributed by atoms with Crippen LogP contribution in [0.2, 0.25) is 0 Å². The van der Waals surface area contributed by atoms with Crippen molar-refractivity contribution in [3.63, 3.8) is 0 Å². The predicted molar refractivity (Wildman–Crippen MR) is 128 cm³/mol. The average Bonchev–Trinajstić information content (AvgIpc) is 2.86. The lowest BCUT2D eigenvalue weighted by molar-refractivity contribution is -0.142. The summed E-state index contributed by atoms with van der Waals surface area (Å²) in [5.74, 6) is -0.455. The average molecular weight is 457 g/mol. The van der Waals surface area contributed by atoms with Gasteiger partial charge in [0, 0.05) is 11.1 Å². The molecule has 34 heavy (non-hydrogen) atoms. The van der Waals surface area contributed by atoms with Crippen LogP contribution in [0.4, 0.5) is 5.69 Å². The maximum atomic E-state index is 13.3. The normalized spacial score (nSPS) is 10.6. The molecule has 4 rings (SSSR count). The number of rotatable bonds is 7. The summed E-state index contributed by atoms with van der Waals surface area (Å²) < 4.78 is 11.3. The molecule has 8 nitrogen and oxygen atoms in total. The van der Waals surface area contributed by atoms with Crippen molar-refractivity contribution in [2.75, 3.05) is 19.0 Å². The molecular weight excluding hydrogens is 434 g/mol. The van der Waals surface area contributed by atoms with Crippen LogP contribution >= 0.6 is 0 Å². The van der Waals surface area contributed by atoms with Crippen LogP contribution in [-0.4, -0.2) is 35.4 Å². The number of ether oxygens (including phenoxy) is 2. The summed E-state index contributed by atoms with van der Waals surface area (Å²) in [6.45, 7) is 1.85. The molecule has 0 bridgehead atoms. The molecule has 3 aromatic carbocycles. The molecule has 0 aliphatic carbocycles. The van der Waals surface area contributed by atoms with Crippen LogP contribution in [0.3, 0.4) is 0 Å². The maximum Gasteiger partial charge on any atom is 0.343 e. The summed E-state index contributed by atoms with van der Waals surface area (Å²) in [6, 6.07) is 21.4. The van der Waals surface area contributed by atoms with E-state index < -0.39 is 11.9 Å². The molecule has 0 radical (unpaired) electrons. The number of hydrogen-bond donors (Lipinski definition) is 1. The van der Waals surface area contributed by atoms with Gasteiger partial charge in [-0.1, -0.05) is 48.5 Å². The number of carbonyl (C=O) groups excluding carboxylic acids is 2. The van der Waals surface area contributed by atoms with Gasteiger partial charge < -0.3 is 14.8 Å². The molecule has 1 amide bonds. The lowest BCUT2D eigenvalue weighted by Crippen LogP contribution is -2.28. The molecular formula is C26H23N3O5. The highest BCUT2D eigenvalue weighted by Crippen LogP contribution is 2.23. The Balaban J connectivity index is 1.64. The van der Waals surface area contributed by atoms with Crippen LogP contribution in [-0.2, 0) is 16.1 Å². The summed E-state index contributed by atoms with van der Waals surface area (Å²) in [4.78, 5) is 37.5. The van der Waals surface area contributed by atoms with Gasteiger partial charge in [-0.25, -0.2) is 9.48 Å². The molecule has 1 aromatic heterocycles. The van der Waals surface area contributed by atoms with E-state index in [1.807, 2.05) is 37.3 Å². The van der Waals surface area contributed by atoms with Crippen molar-refractivity contribution in [3.05, 3.63) is 100.0 Å². The number of nitrogens with one attached hydrogen (secondary N) is 1. The topological polar surface area (TPSA) is 99.5 Å². The van der Waals surface area contributed by atoms with Gasteiger partial charge in [0.25, 0.3) is 11.5 Å². The number of esters is 1. The van der Waals surface area contributed by atoms with E-state index in [0.29, 0.717) is 22.2 Å². The number of benzene rings is 3. The third-order valence-electron chi connectivity index (χ3n) is 5.29. The van der Waals surface area contributed by atoms with Crippen molar-refractivity contribution in [1.82, 2.24) is 9.78 Å². The van der Waals surface area contributed by atoms with E-state index in [4.69, 9.17) is 4.74 Å². The Kier molecular flexibility index (Phi) is 6.68. The highest BCUT2D eigenvalue weighted by molar-refractivity contribution is 6.11. The Morgan fingerprint density at radius 1 is 0.971 bits per heavy atom. The van der Waals surface area contributed by atoms with Crippen LogP contribution < -0.4 is 15.6 Å². The van der Waals surface area contributed by atoms with Gasteiger partial charge in [-0.3, -0.25) is 9.59 Å². The van der Waals surface area contributed by atoms with Crippen LogP contribution in [0.15, 0.2) is 77.6 Å². The second kappa shape index (κ2) is 9.99. The molecule has 1 N–H and O–H groups in total. The molecule has 1 heterocycles. The number of amides is 1. The van der Waals surface area contributed by atoms with Crippen molar-refractivity contribution in [2.45, 2.75) is 13.5 Å². The third kappa shape index (κ3) is 4.96. The Hall–Kier alpha value is -4.46. The zero-order valence-electron chi connectivity index (χ0n) is 18.8. The number of fused-ring (bicyclic) bond motifs is 1. The largest absolute Gasteiger partial charge is 0.482 e. The van der Waals surface area contributed by atoms with Crippen molar-refractivity contribution in [2.24, 2.45) is 0 Å². The van der Waals surface area contributed by atoms with Crippen LogP contribution in [0.1, 0.15) is 21.6 Å². The van der Waals surface area contributed by atoms with Crippen molar-refractivity contribution < 1.29 is 19.1 Å². The van der Waals surface area contributed by atoms with E-state index in [1.165, 1.54) is 11.8 Å². The van der Waals surface area contributed by atoms with Gasteiger partial charge in [0.15, 0.2) is 12.3 Å². The van der Waals surface area contributed by atoms with Crippen molar-refractivity contribution >= 4 is 28.3 Å². The second-order valence-electron chi connectivity index (χ2n) is 7.64. The lowest BCUT2D eigenvalue weighted by Gasteiger charge is -2.13. The number of aryl methyl sites for hydroxylation is 1. The van der Waals surface area contributed by atoms with E-state index in [1.54, 1.807) is 42.5 Å². The second-order valence-corrected chi connectivity index (χ2v) is 7.64. The number of methoxy groups -OCH3 is 1. The van der Waals surface area contributed by atoms with Gasteiger partial charge in [0.2, 0.25) is 0 Å². The summed E-state index contributed by atoms with van der Waals surface area (Å²) in [6.07, 6.45) is 0. The molecule has 0 fully saturated rings. The smallest absolute Gasteiger partial charge is 0.343 e. The van der Waals surface area contributed by atoms with E-state index in [0.717, 1.165) is 11.1 Å². The first-order valence-electron chi connectivity index (χ1n) is 10.6. The van der Waals surface area contributed by atoms with Crippen LogP contribution in [0.25, 0.3) is 10.8 Å². The molecule has 0 aliphatic rings. The number of nitrogens with zero attached hydrogens (tertiary/aromatic N) is 2. The third-order valence-corrected chi connectivity index (χ3v) is 5.29. The van der Waals surface area contributed by atoms with Crippen molar-refractivity contribution in [3.8, 4) is 5.75 Å². The predicted octanol–water partition coefficient (Wildman–Crippen LogP) is 3.56. The fraction of sp³-hybridized carbons (Fsp3) is 0.154. The number of anilines is 1. The fourth-order valence-electron chi connectivity index (χ4n) is 3.52. The monoisotopic (exact) mass is 457 g/mol. The minimum atomic E-state index is -0.487. The Labute approximate surface area is 195 Å². The standard InChI is InChI=1S/C26H23N3O5/c1-17-14-19(34-16-23(30)33-2)12-13-22(17)27-25(31)24-20-10-6-7-11-21(20)26(32)29(28-24)15-18-8-4-3-5-9-18/h3-14H,15-16H2,1-2H3,(H,27,31). The highest BCUT2D eigenvalue weighted by Gasteiger charge is 2.18. The van der Waals surface area contributed by atoms with E-state index in [9.17, 15) is 14.4 Å². The van der Waals surface area contributed by atoms with Crippen LogP contribution in [0.5, 0.6) is 5.75 Å². The van der Waals surface area contributed by atoms with Gasteiger partial charge in [-0.15, -0.1) is 0 Å². The SMILES string of the molecule is COC(=O)COc1ccc(NC(=O)c2nn(Cc3ccccc3)c(=O)c3ccccc23)c(C)c1. The first-order chi connectivity index (χ1) is 16.5. The Morgan fingerprint density at radius 3 is 2.38 bits per heavy atom. The number of carbonyl (C=O) groups is 2. The minimum absolute atomic E-state index is 0.150. The minimum Gasteiger partial charge on any atom is -0.482 e. The molecule has 0 saturated carbocycles. The molecule has 0 spiro atoms. The first kappa shape index (κ1) is 22.7. The molecule has 172 valence electrons. The highest BCUT2D eigenvalue weighted by atomic mass is 16.6. The fourth-order valence-corrected chi connectivity index (χ4v) is 3.52. The lowest BCUT2D eigenvalue weighted by atomic mass is 10.1. The quantitative estimate of drug-likeness (QED) is 0.426. The Morgan fingerprint density at radius 2 is 1.68 bits per heavy atom. The zero-order valence-corrected chi connectivity index (χ0v) is 18.8. The van der Waals surface area contributed by atoms with Crippen LogP contribution in [0, 0.1) is 6.92 Å². The summed E-state index contributed by atoms with van der Waals surface area (Å²) in [7, 11) is 1.29. The van der Waals surface area contributed by atoms with Gasteiger partial charge >= 0.3 is 5.97 Å². The molecule has 0 unspecified atom stereocenters. The molecule has 0 atom stereocenters. The summed E-state index contributed by atoms with van der Waals surface area (Å²) in [5.41, 5.74) is 2.08. The molecule has 8 heteroatoms. The molecule has 0 aliphatic heterocycles. The van der Waals surface area contributed by atoms with Gasteiger partial charge in [0.1, 0.15) is 5.75 Å². The summed E-state index contributed by atoms with van der Waals surface area (Å²) >= 11 is 0. The number of hydrogen-bond acceptors (Lipinski definition) is 6.